The summed E-state index contributed by atoms with van der Waals surface area (Å²) in [5, 5.41) is 6.84. The van der Waals surface area contributed by atoms with Gasteiger partial charge in [0.15, 0.2) is 0 Å². The molecule has 5 nitrogen and oxygen atoms in total. The van der Waals surface area contributed by atoms with Crippen molar-refractivity contribution >= 4 is 18.3 Å². The van der Waals surface area contributed by atoms with E-state index < -0.39 is 6.04 Å². The van der Waals surface area contributed by atoms with E-state index in [0.717, 1.165) is 12.1 Å². The van der Waals surface area contributed by atoms with Gasteiger partial charge in [-0.2, -0.15) is 5.10 Å². The van der Waals surface area contributed by atoms with Crippen LogP contribution in [0.1, 0.15) is 26.0 Å². The number of nitrogens with zero attached hydrogens (tertiary/aromatic N) is 2. The van der Waals surface area contributed by atoms with Crippen molar-refractivity contribution in [2.24, 2.45) is 18.7 Å². The zero-order valence-corrected chi connectivity index (χ0v) is 11.3. The van der Waals surface area contributed by atoms with Crippen molar-refractivity contribution in [3.8, 4) is 0 Å². The third-order valence-corrected chi connectivity index (χ3v) is 2.93. The number of nitrogens with one attached hydrogen (secondary N) is 1. The molecule has 0 fully saturated rings. The van der Waals surface area contributed by atoms with E-state index in [1.54, 1.807) is 10.9 Å². The summed E-state index contributed by atoms with van der Waals surface area (Å²) in [6.45, 7) is 4.48. The van der Waals surface area contributed by atoms with Gasteiger partial charge in [0.05, 0.1) is 18.3 Å². The van der Waals surface area contributed by atoms with Crippen molar-refractivity contribution in [3.05, 3.63) is 18.0 Å². The standard InChI is InChI=1S/C11H20N4O.ClH/c1-4-8(2)10(12)11(16)13-7-9-5-6-14-15(9)3;/h5-6,8,10H,4,7,12H2,1-3H3,(H,13,16);1H. The van der Waals surface area contributed by atoms with Crippen molar-refractivity contribution in [2.45, 2.75) is 32.9 Å². The largest absolute Gasteiger partial charge is 0.349 e. The summed E-state index contributed by atoms with van der Waals surface area (Å²) in [7, 11) is 1.84. The second-order valence-corrected chi connectivity index (χ2v) is 4.08. The van der Waals surface area contributed by atoms with Crippen molar-refractivity contribution in [3.63, 3.8) is 0 Å². The van der Waals surface area contributed by atoms with E-state index in [4.69, 9.17) is 5.73 Å². The Hall–Kier alpha value is -1.07. The van der Waals surface area contributed by atoms with Crippen molar-refractivity contribution in [2.75, 3.05) is 0 Å². The Morgan fingerprint density at radius 3 is 2.76 bits per heavy atom. The molecule has 0 saturated carbocycles. The molecule has 0 spiro atoms. The molecule has 1 aromatic heterocycles. The summed E-state index contributed by atoms with van der Waals surface area (Å²) < 4.78 is 1.73. The summed E-state index contributed by atoms with van der Waals surface area (Å²) in [5.41, 5.74) is 6.78. The molecule has 2 unspecified atom stereocenters. The molecule has 17 heavy (non-hydrogen) atoms. The number of rotatable bonds is 5. The number of hydrogen-bond acceptors (Lipinski definition) is 3. The Morgan fingerprint density at radius 2 is 2.29 bits per heavy atom. The molecule has 0 aliphatic rings. The van der Waals surface area contributed by atoms with Gasteiger partial charge in [0, 0.05) is 13.2 Å². The molecule has 2 atom stereocenters. The Labute approximate surface area is 108 Å². The third-order valence-electron chi connectivity index (χ3n) is 2.93. The van der Waals surface area contributed by atoms with Crippen LogP contribution >= 0.6 is 12.4 Å². The summed E-state index contributed by atoms with van der Waals surface area (Å²) >= 11 is 0. The lowest BCUT2D eigenvalue weighted by Gasteiger charge is -2.17. The second kappa shape index (κ2) is 7.29. The fourth-order valence-corrected chi connectivity index (χ4v) is 1.38. The fourth-order valence-electron chi connectivity index (χ4n) is 1.38. The van der Waals surface area contributed by atoms with Crippen molar-refractivity contribution in [1.29, 1.82) is 0 Å². The molecule has 1 rings (SSSR count). The molecule has 0 aliphatic heterocycles. The zero-order valence-electron chi connectivity index (χ0n) is 10.5. The zero-order chi connectivity index (χ0) is 12.1. The maximum Gasteiger partial charge on any atom is 0.237 e. The lowest BCUT2D eigenvalue weighted by atomic mass is 9.99. The van der Waals surface area contributed by atoms with Crippen molar-refractivity contribution < 1.29 is 4.79 Å². The van der Waals surface area contributed by atoms with E-state index in [1.807, 2.05) is 27.0 Å². The van der Waals surface area contributed by atoms with Gasteiger partial charge in [-0.15, -0.1) is 12.4 Å². The molecule has 1 aromatic rings. The van der Waals surface area contributed by atoms with Crippen molar-refractivity contribution in [1.82, 2.24) is 15.1 Å². The average Bonchev–Trinajstić information content (AvgIpc) is 2.69. The van der Waals surface area contributed by atoms with Crippen LogP contribution in [-0.2, 0) is 18.4 Å². The Bertz CT molecular complexity index is 353. The molecule has 0 radical (unpaired) electrons. The predicted octanol–water partition coefficient (Wildman–Crippen LogP) is 0.831. The maximum atomic E-state index is 11.7. The minimum atomic E-state index is -0.432. The monoisotopic (exact) mass is 260 g/mol. The van der Waals surface area contributed by atoms with Gasteiger partial charge in [-0.1, -0.05) is 20.3 Å². The minimum absolute atomic E-state index is 0. The average molecular weight is 261 g/mol. The lowest BCUT2D eigenvalue weighted by Crippen LogP contribution is -2.44. The van der Waals surface area contributed by atoms with Gasteiger partial charge in [0.2, 0.25) is 5.91 Å². The van der Waals surface area contributed by atoms with E-state index in [-0.39, 0.29) is 24.2 Å². The lowest BCUT2D eigenvalue weighted by molar-refractivity contribution is -0.123. The molecular weight excluding hydrogens is 240 g/mol. The quantitative estimate of drug-likeness (QED) is 0.824. The molecule has 0 aliphatic carbocycles. The highest BCUT2D eigenvalue weighted by Crippen LogP contribution is 2.05. The van der Waals surface area contributed by atoms with Crippen LogP contribution in [0.25, 0.3) is 0 Å². The van der Waals surface area contributed by atoms with E-state index in [0.29, 0.717) is 6.54 Å². The van der Waals surface area contributed by atoms with E-state index >= 15 is 0 Å². The SMILES string of the molecule is CCC(C)C(N)C(=O)NCc1ccnn1C.Cl. The highest BCUT2D eigenvalue weighted by atomic mass is 35.5. The van der Waals surface area contributed by atoms with Gasteiger partial charge in [-0.25, -0.2) is 0 Å². The first kappa shape index (κ1) is 15.9. The third kappa shape index (κ3) is 4.36. The topological polar surface area (TPSA) is 72.9 Å². The van der Waals surface area contributed by atoms with E-state index in [9.17, 15) is 4.79 Å². The maximum absolute atomic E-state index is 11.7. The highest BCUT2D eigenvalue weighted by Gasteiger charge is 2.18. The molecule has 98 valence electrons. The second-order valence-electron chi connectivity index (χ2n) is 4.08. The molecule has 0 bridgehead atoms. The number of carbonyl (C=O) groups is 1. The Balaban J connectivity index is 0.00000256. The van der Waals surface area contributed by atoms with Crippen LogP contribution in [0, 0.1) is 5.92 Å². The Kier molecular flexibility index (Phi) is 6.83. The van der Waals surface area contributed by atoms with E-state index in [1.165, 1.54) is 0 Å². The number of aryl methyl sites for hydroxylation is 1. The summed E-state index contributed by atoms with van der Waals surface area (Å²) in [6, 6.07) is 1.44. The highest BCUT2D eigenvalue weighted by molar-refractivity contribution is 5.85. The molecule has 6 heteroatoms. The molecule has 0 saturated heterocycles. The van der Waals surface area contributed by atoms with E-state index in [2.05, 4.69) is 10.4 Å². The van der Waals surface area contributed by atoms with Gasteiger partial charge in [-0.05, 0) is 12.0 Å². The molecular formula is C11H21ClN4O. The van der Waals surface area contributed by atoms with Crippen LogP contribution in [0.3, 0.4) is 0 Å². The van der Waals surface area contributed by atoms with Crippen LogP contribution in [0.15, 0.2) is 12.3 Å². The smallest absolute Gasteiger partial charge is 0.237 e. The fraction of sp³-hybridized carbons (Fsp3) is 0.636. The van der Waals surface area contributed by atoms with Crippen LogP contribution < -0.4 is 11.1 Å². The van der Waals surface area contributed by atoms with Gasteiger partial charge in [0.1, 0.15) is 0 Å². The summed E-state index contributed by atoms with van der Waals surface area (Å²) in [4.78, 5) is 11.7. The minimum Gasteiger partial charge on any atom is -0.349 e. The number of hydrogen-bond donors (Lipinski definition) is 2. The molecule has 0 aromatic carbocycles. The van der Waals surface area contributed by atoms with Gasteiger partial charge in [-0.3, -0.25) is 9.48 Å². The number of nitrogens with two attached hydrogens (primary N) is 1. The molecule has 1 amide bonds. The predicted molar refractivity (Wildman–Crippen MR) is 69.7 cm³/mol. The number of amides is 1. The number of carbonyl (C=O) groups excluding carboxylic acids is 1. The first-order chi connectivity index (χ1) is 7.56. The van der Waals surface area contributed by atoms with Crippen LogP contribution in [0.2, 0.25) is 0 Å². The molecule has 1 heterocycles. The first-order valence-corrected chi connectivity index (χ1v) is 5.56. The van der Waals surface area contributed by atoms with Crippen LogP contribution in [0.4, 0.5) is 0 Å². The number of halogens is 1. The number of aromatic nitrogens is 2. The first-order valence-electron chi connectivity index (χ1n) is 5.56. The van der Waals surface area contributed by atoms with Gasteiger partial charge < -0.3 is 11.1 Å². The Morgan fingerprint density at radius 1 is 1.65 bits per heavy atom. The van der Waals surface area contributed by atoms with Crippen LogP contribution in [0.5, 0.6) is 0 Å². The van der Waals surface area contributed by atoms with Gasteiger partial charge in [0.25, 0.3) is 0 Å². The summed E-state index contributed by atoms with van der Waals surface area (Å²) in [5.74, 6) is 0.0992. The summed E-state index contributed by atoms with van der Waals surface area (Å²) in [6.07, 6.45) is 2.61. The van der Waals surface area contributed by atoms with Gasteiger partial charge >= 0.3 is 0 Å². The molecule has 3 N–H and O–H groups in total. The normalized spacial score (nSPS) is 13.6. The van der Waals surface area contributed by atoms with Crippen LogP contribution in [-0.4, -0.2) is 21.7 Å².